The van der Waals surface area contributed by atoms with Crippen LogP contribution in [0.15, 0.2) is 73.3 Å². The normalized spacial score (nSPS) is 23.3. The van der Waals surface area contributed by atoms with E-state index in [2.05, 4.69) is 6.58 Å². The molecule has 0 amide bonds. The molecule has 9 nitrogen and oxygen atoms in total. The second-order valence-electron chi connectivity index (χ2n) is 8.94. The Morgan fingerprint density at radius 1 is 0.895 bits per heavy atom. The molecule has 2 aromatic rings. The van der Waals surface area contributed by atoms with Crippen LogP contribution in [0.1, 0.15) is 38.3 Å². The van der Waals surface area contributed by atoms with Crippen molar-refractivity contribution in [1.29, 1.82) is 0 Å². The van der Waals surface area contributed by atoms with Crippen molar-refractivity contribution in [2.24, 2.45) is 0 Å². The van der Waals surface area contributed by atoms with E-state index in [9.17, 15) is 14.4 Å². The molecule has 3 rings (SSSR count). The zero-order valence-corrected chi connectivity index (χ0v) is 21.9. The Labute approximate surface area is 222 Å². The van der Waals surface area contributed by atoms with Crippen LogP contribution in [0.2, 0.25) is 0 Å². The third kappa shape index (κ3) is 7.74. The lowest BCUT2D eigenvalue weighted by Gasteiger charge is -2.39. The van der Waals surface area contributed by atoms with E-state index in [1.807, 2.05) is 60.7 Å². The number of hydrogen-bond acceptors (Lipinski definition) is 9. The number of ether oxygens (including phenoxy) is 6. The highest BCUT2D eigenvalue weighted by molar-refractivity contribution is 5.68. The zero-order chi connectivity index (χ0) is 27.5. The molecule has 0 N–H and O–H groups in total. The fourth-order valence-corrected chi connectivity index (χ4v) is 4.40. The van der Waals surface area contributed by atoms with Crippen LogP contribution in [-0.2, 0) is 56.0 Å². The first-order chi connectivity index (χ1) is 18.2. The summed E-state index contributed by atoms with van der Waals surface area (Å²) in [6, 6.07) is 18.8. The van der Waals surface area contributed by atoms with Crippen LogP contribution in [0.3, 0.4) is 0 Å². The van der Waals surface area contributed by atoms with E-state index in [0.29, 0.717) is 0 Å². The summed E-state index contributed by atoms with van der Waals surface area (Å²) in [5.41, 5.74) is 0.226. The number of carbonyl (C=O) groups excluding carboxylic acids is 3. The van der Waals surface area contributed by atoms with Gasteiger partial charge in [0.05, 0.1) is 19.8 Å². The van der Waals surface area contributed by atoms with Gasteiger partial charge >= 0.3 is 17.9 Å². The highest BCUT2D eigenvalue weighted by atomic mass is 16.8. The topological polar surface area (TPSA) is 107 Å². The summed E-state index contributed by atoms with van der Waals surface area (Å²) < 4.78 is 35.5. The van der Waals surface area contributed by atoms with Crippen molar-refractivity contribution in [1.82, 2.24) is 0 Å². The molecule has 0 aliphatic carbocycles. The van der Waals surface area contributed by atoms with E-state index < -0.39 is 48.1 Å². The van der Waals surface area contributed by atoms with Gasteiger partial charge in [-0.25, -0.2) is 0 Å². The molecule has 204 valence electrons. The predicted molar refractivity (Wildman–Crippen MR) is 136 cm³/mol. The van der Waals surface area contributed by atoms with Gasteiger partial charge in [0.1, 0.15) is 12.2 Å². The minimum absolute atomic E-state index is 0.112. The van der Waals surface area contributed by atoms with E-state index in [-0.39, 0.29) is 26.2 Å². The van der Waals surface area contributed by atoms with Gasteiger partial charge in [0.2, 0.25) is 6.29 Å². The third-order valence-corrected chi connectivity index (χ3v) is 5.91. The molecule has 1 saturated heterocycles. The van der Waals surface area contributed by atoms with Crippen molar-refractivity contribution in [3.05, 3.63) is 84.4 Å². The van der Waals surface area contributed by atoms with Crippen molar-refractivity contribution in [2.75, 3.05) is 6.61 Å². The second-order valence-corrected chi connectivity index (χ2v) is 8.94. The molecule has 2 aromatic carbocycles. The van der Waals surface area contributed by atoms with Crippen LogP contribution in [0.5, 0.6) is 0 Å². The average molecular weight is 527 g/mol. The Morgan fingerprint density at radius 2 is 1.47 bits per heavy atom. The molecule has 5 atom stereocenters. The number of esters is 3. The van der Waals surface area contributed by atoms with Crippen LogP contribution in [-0.4, -0.2) is 54.7 Å². The monoisotopic (exact) mass is 526 g/mol. The first-order valence-corrected chi connectivity index (χ1v) is 12.3. The van der Waals surface area contributed by atoms with Gasteiger partial charge in [0.15, 0.2) is 11.7 Å². The molecule has 1 fully saturated rings. The molecule has 0 aromatic heterocycles. The summed E-state index contributed by atoms with van der Waals surface area (Å²) in [4.78, 5) is 36.3. The molecule has 1 aliphatic rings. The van der Waals surface area contributed by atoms with Crippen LogP contribution in [0.25, 0.3) is 0 Å². The summed E-state index contributed by atoms with van der Waals surface area (Å²) in [5.74, 6) is -1.84. The number of benzene rings is 2. The van der Waals surface area contributed by atoms with Gasteiger partial charge in [-0.15, -0.1) is 6.58 Å². The van der Waals surface area contributed by atoms with Crippen molar-refractivity contribution in [3.8, 4) is 0 Å². The van der Waals surface area contributed by atoms with Gasteiger partial charge in [-0.2, -0.15) is 0 Å². The van der Waals surface area contributed by atoms with Crippen LogP contribution in [0, 0.1) is 0 Å². The van der Waals surface area contributed by atoms with Crippen molar-refractivity contribution < 1.29 is 42.8 Å². The number of rotatable bonds is 13. The molecule has 1 aliphatic heterocycles. The van der Waals surface area contributed by atoms with Crippen LogP contribution in [0.4, 0.5) is 0 Å². The summed E-state index contributed by atoms with van der Waals surface area (Å²) in [7, 11) is 0. The van der Waals surface area contributed by atoms with Crippen LogP contribution < -0.4 is 0 Å². The smallest absolute Gasteiger partial charge is 0.305 e. The van der Waals surface area contributed by atoms with Gasteiger partial charge in [-0.3, -0.25) is 14.4 Å². The molecular formula is C29H34O9. The van der Waals surface area contributed by atoms with Gasteiger partial charge in [-0.1, -0.05) is 66.7 Å². The summed E-state index contributed by atoms with van der Waals surface area (Å²) in [6.45, 7) is 7.71. The fourth-order valence-electron chi connectivity index (χ4n) is 4.40. The van der Waals surface area contributed by atoms with Crippen molar-refractivity contribution >= 4 is 17.9 Å². The average Bonchev–Trinajstić information content (AvgIpc) is 3.15. The quantitative estimate of drug-likeness (QED) is 0.218. The van der Waals surface area contributed by atoms with Gasteiger partial charge in [0.25, 0.3) is 0 Å². The summed E-state index contributed by atoms with van der Waals surface area (Å²) >= 11 is 0. The zero-order valence-electron chi connectivity index (χ0n) is 21.9. The molecule has 0 radical (unpaired) electrons. The van der Waals surface area contributed by atoms with Gasteiger partial charge in [-0.05, 0) is 11.1 Å². The number of hydrogen-bond donors (Lipinski definition) is 0. The predicted octanol–water partition coefficient (Wildman–Crippen LogP) is 3.89. The van der Waals surface area contributed by atoms with E-state index >= 15 is 0 Å². The molecule has 1 unspecified atom stereocenters. The Hall–Kier alpha value is -3.53. The summed E-state index contributed by atoms with van der Waals surface area (Å²) in [6.07, 6.45) is -2.77. The first kappa shape index (κ1) is 29.0. The van der Waals surface area contributed by atoms with E-state index in [1.54, 1.807) is 6.08 Å². The number of carbonyl (C=O) groups is 3. The molecule has 0 spiro atoms. The molecule has 1 heterocycles. The minimum Gasteiger partial charge on any atom is -0.459 e. The lowest BCUT2D eigenvalue weighted by atomic mass is 9.87. The van der Waals surface area contributed by atoms with Crippen LogP contribution >= 0.6 is 0 Å². The van der Waals surface area contributed by atoms with E-state index in [1.165, 1.54) is 20.8 Å². The molecule has 38 heavy (non-hydrogen) atoms. The lowest BCUT2D eigenvalue weighted by Crippen LogP contribution is -2.58. The SMILES string of the molecule is C=CC[C@H](OC(C)=O)[C@]1(COCc2ccccc2)OC(OC(C)=O)[C@H](OC(C)=O)[C@@H]1OCc1ccccc1. The molecule has 9 heteroatoms. The van der Waals surface area contributed by atoms with E-state index in [4.69, 9.17) is 28.4 Å². The van der Waals surface area contributed by atoms with Gasteiger partial charge < -0.3 is 28.4 Å². The minimum atomic E-state index is -1.52. The lowest BCUT2D eigenvalue weighted by molar-refractivity contribution is -0.239. The maximum atomic E-state index is 12.2. The maximum absolute atomic E-state index is 12.2. The molecular weight excluding hydrogens is 492 g/mol. The second kappa shape index (κ2) is 13.9. The standard InChI is InChI=1S/C29H34O9/c1-5-12-25(35-20(2)30)29(19-33-17-23-13-8-6-9-14-23)27(34-18-24-15-10-7-11-16-24)26(36-21(3)31)28(38-29)37-22(4)32/h5-11,13-16,25-28H,1,12,17-19H2,2-4H3/t25-,26+,27-,28?,29-/m0/s1. The third-order valence-electron chi connectivity index (χ3n) is 5.91. The highest BCUT2D eigenvalue weighted by Crippen LogP contribution is 2.42. The Bertz CT molecular complexity index is 1070. The highest BCUT2D eigenvalue weighted by Gasteiger charge is 2.64. The molecule has 0 bridgehead atoms. The van der Waals surface area contributed by atoms with E-state index in [0.717, 1.165) is 11.1 Å². The Balaban J connectivity index is 2.04. The fraction of sp³-hybridized carbons (Fsp3) is 0.414. The van der Waals surface area contributed by atoms with Crippen molar-refractivity contribution in [2.45, 2.75) is 70.6 Å². The molecule has 0 saturated carbocycles. The Morgan fingerprint density at radius 3 is 2.00 bits per heavy atom. The maximum Gasteiger partial charge on any atom is 0.305 e. The largest absolute Gasteiger partial charge is 0.459 e. The van der Waals surface area contributed by atoms with Crippen molar-refractivity contribution in [3.63, 3.8) is 0 Å². The first-order valence-electron chi connectivity index (χ1n) is 12.3. The summed E-state index contributed by atoms with van der Waals surface area (Å²) in [5, 5.41) is 0. The Kier molecular flexibility index (Phi) is 10.6. The van der Waals surface area contributed by atoms with Gasteiger partial charge in [0, 0.05) is 27.2 Å².